The van der Waals surface area contributed by atoms with Gasteiger partial charge in [0.05, 0.1) is 10.6 Å². The monoisotopic (exact) mass is 406 g/mol. The number of fused-ring (bicyclic) bond motifs is 3. The van der Waals surface area contributed by atoms with Gasteiger partial charge in [0.2, 0.25) is 5.89 Å². The van der Waals surface area contributed by atoms with Gasteiger partial charge < -0.3 is 4.42 Å². The van der Waals surface area contributed by atoms with Crippen LogP contribution in [0.4, 0.5) is 0 Å². The number of rotatable bonds is 1. The summed E-state index contributed by atoms with van der Waals surface area (Å²) < 4.78 is 9.14. The largest absolute Gasteiger partial charge is 0.435 e. The van der Waals surface area contributed by atoms with E-state index >= 15 is 0 Å². The van der Waals surface area contributed by atoms with Gasteiger partial charge in [-0.15, -0.1) is 0 Å². The first-order valence-electron chi connectivity index (χ1n) is 7.77. The smallest absolute Gasteiger partial charge is 0.332 e. The number of hydrogen-bond acceptors (Lipinski definition) is 5. The molecule has 0 bridgehead atoms. The molecule has 3 aromatic heterocycles. The molecule has 0 N–H and O–H groups in total. The lowest BCUT2D eigenvalue weighted by Gasteiger charge is -2.10. The molecular weight excluding hydrogens is 395 g/mol. The first kappa shape index (κ1) is 17.6. The molecular formula is C17H12Cl2N4O4. The Labute approximate surface area is 160 Å². The summed E-state index contributed by atoms with van der Waals surface area (Å²) in [5.41, 5.74) is -1.09. The van der Waals surface area contributed by atoms with E-state index in [1.165, 1.54) is 36.3 Å². The first-order valence-corrected chi connectivity index (χ1v) is 8.52. The maximum atomic E-state index is 12.7. The zero-order valence-electron chi connectivity index (χ0n) is 14.4. The number of aromatic nitrogens is 4. The molecule has 1 aromatic carbocycles. The van der Waals surface area contributed by atoms with E-state index in [1.54, 1.807) is 12.1 Å². The molecule has 0 radical (unpaired) electrons. The van der Waals surface area contributed by atoms with Crippen molar-refractivity contribution in [3.8, 4) is 11.5 Å². The second-order valence-electron chi connectivity index (χ2n) is 6.09. The molecule has 10 heteroatoms. The number of pyridine rings is 1. The fourth-order valence-corrected chi connectivity index (χ4v) is 3.58. The third-order valence-electron chi connectivity index (χ3n) is 4.47. The van der Waals surface area contributed by atoms with Crippen LogP contribution in [-0.2, 0) is 21.1 Å². The van der Waals surface area contributed by atoms with Gasteiger partial charge in [0.25, 0.3) is 11.1 Å². The van der Waals surface area contributed by atoms with Gasteiger partial charge in [0, 0.05) is 26.2 Å². The minimum Gasteiger partial charge on any atom is -0.435 e. The van der Waals surface area contributed by atoms with Crippen molar-refractivity contribution in [2.45, 2.75) is 0 Å². The van der Waals surface area contributed by atoms with Crippen LogP contribution in [0.3, 0.4) is 0 Å². The van der Waals surface area contributed by atoms with Crippen molar-refractivity contribution in [2.75, 3.05) is 0 Å². The van der Waals surface area contributed by atoms with Gasteiger partial charge in [-0.3, -0.25) is 23.3 Å². The van der Waals surface area contributed by atoms with Gasteiger partial charge in [-0.1, -0.05) is 23.2 Å². The highest BCUT2D eigenvalue weighted by molar-refractivity contribution is 6.36. The Morgan fingerprint density at radius 3 is 2.33 bits per heavy atom. The SMILES string of the molecule is Cn1c(=O)c2c3oc(-c4ccc(Cl)cc4Cl)nc3c(=O)n(C)c2n(C)c1=O. The number of hydrogen-bond donors (Lipinski definition) is 0. The van der Waals surface area contributed by atoms with Crippen LogP contribution < -0.4 is 16.8 Å². The number of aryl methyl sites for hydroxylation is 2. The molecule has 4 rings (SSSR count). The molecule has 0 spiro atoms. The average molecular weight is 407 g/mol. The van der Waals surface area contributed by atoms with Gasteiger partial charge in [0.1, 0.15) is 11.0 Å². The lowest BCUT2D eigenvalue weighted by molar-refractivity contribution is 0.619. The Morgan fingerprint density at radius 1 is 0.963 bits per heavy atom. The van der Waals surface area contributed by atoms with Crippen molar-refractivity contribution < 1.29 is 4.42 Å². The fraction of sp³-hybridized carbons (Fsp3) is 0.176. The summed E-state index contributed by atoms with van der Waals surface area (Å²) in [7, 11) is 4.30. The summed E-state index contributed by atoms with van der Waals surface area (Å²) in [6.07, 6.45) is 0. The minimum absolute atomic E-state index is 0.00492. The zero-order valence-corrected chi connectivity index (χ0v) is 15.9. The first-order chi connectivity index (χ1) is 12.7. The predicted molar refractivity (Wildman–Crippen MR) is 103 cm³/mol. The molecule has 3 heterocycles. The highest BCUT2D eigenvalue weighted by Crippen LogP contribution is 2.32. The topological polar surface area (TPSA) is 92.0 Å². The molecule has 4 aromatic rings. The van der Waals surface area contributed by atoms with E-state index < -0.39 is 16.8 Å². The number of nitrogens with zero attached hydrogens (tertiary/aromatic N) is 4. The van der Waals surface area contributed by atoms with Gasteiger partial charge in [0.15, 0.2) is 11.1 Å². The van der Waals surface area contributed by atoms with Crippen molar-refractivity contribution >= 4 is 45.3 Å². The van der Waals surface area contributed by atoms with E-state index in [2.05, 4.69) is 4.98 Å². The standard InChI is InChI=1S/C17H12Cl2N4O4/c1-21-14-10(15(24)23(3)17(26)22(14)2)12-11(16(21)25)20-13(27-12)8-5-4-7(18)6-9(8)19/h4-6H,1-3H3. The summed E-state index contributed by atoms with van der Waals surface area (Å²) in [4.78, 5) is 42.0. The van der Waals surface area contributed by atoms with Gasteiger partial charge in [-0.25, -0.2) is 9.78 Å². The molecule has 27 heavy (non-hydrogen) atoms. The van der Waals surface area contributed by atoms with Gasteiger partial charge in [-0.2, -0.15) is 0 Å². The molecule has 0 fully saturated rings. The van der Waals surface area contributed by atoms with Crippen molar-refractivity contribution in [3.05, 3.63) is 59.4 Å². The molecule has 0 aliphatic carbocycles. The average Bonchev–Trinajstić information content (AvgIpc) is 3.06. The van der Waals surface area contributed by atoms with Gasteiger partial charge >= 0.3 is 5.69 Å². The Kier molecular flexibility index (Phi) is 3.79. The van der Waals surface area contributed by atoms with E-state index in [9.17, 15) is 14.4 Å². The summed E-state index contributed by atoms with van der Waals surface area (Å²) in [6, 6.07) is 4.73. The molecule has 8 nitrogen and oxygen atoms in total. The number of benzene rings is 1. The molecule has 0 aliphatic heterocycles. The molecule has 138 valence electrons. The Morgan fingerprint density at radius 2 is 1.67 bits per heavy atom. The maximum absolute atomic E-state index is 12.7. The van der Waals surface area contributed by atoms with E-state index in [0.29, 0.717) is 10.6 Å². The maximum Gasteiger partial charge on any atom is 0.332 e. The van der Waals surface area contributed by atoms with Crippen LogP contribution in [0.25, 0.3) is 33.6 Å². The van der Waals surface area contributed by atoms with Crippen LogP contribution in [0, 0.1) is 0 Å². The molecule has 0 unspecified atom stereocenters. The van der Waals surface area contributed by atoms with E-state index in [0.717, 1.165) is 4.57 Å². The molecule has 0 amide bonds. The number of halogens is 2. The second-order valence-corrected chi connectivity index (χ2v) is 6.93. The normalized spacial score (nSPS) is 11.6. The number of oxazole rings is 1. The fourth-order valence-electron chi connectivity index (χ4n) is 3.09. The Balaban J connectivity index is 2.24. The lowest BCUT2D eigenvalue weighted by Crippen LogP contribution is -2.39. The van der Waals surface area contributed by atoms with Crippen LogP contribution >= 0.6 is 23.2 Å². The van der Waals surface area contributed by atoms with Crippen LogP contribution in [0.1, 0.15) is 0 Å². The quantitative estimate of drug-likeness (QED) is 0.482. The second kappa shape index (κ2) is 5.83. The Bertz CT molecular complexity index is 1440. The molecule has 0 aliphatic rings. The zero-order chi connectivity index (χ0) is 19.6. The van der Waals surface area contributed by atoms with Crippen molar-refractivity contribution in [1.82, 2.24) is 18.7 Å². The summed E-state index contributed by atoms with van der Waals surface area (Å²) in [5, 5.41) is 0.807. The predicted octanol–water partition coefficient (Wildman–Crippen LogP) is 2.05. The third kappa shape index (κ3) is 2.37. The Hall–Kier alpha value is -2.84. The van der Waals surface area contributed by atoms with E-state index in [1.807, 2.05) is 0 Å². The molecule has 0 saturated carbocycles. The minimum atomic E-state index is -0.585. The summed E-state index contributed by atoms with van der Waals surface area (Å²) >= 11 is 12.1. The molecule has 0 saturated heterocycles. The van der Waals surface area contributed by atoms with Crippen LogP contribution in [-0.4, -0.2) is 18.7 Å². The van der Waals surface area contributed by atoms with E-state index in [4.69, 9.17) is 27.6 Å². The lowest BCUT2D eigenvalue weighted by atomic mass is 10.2. The van der Waals surface area contributed by atoms with E-state index in [-0.39, 0.29) is 33.0 Å². The summed E-state index contributed by atoms with van der Waals surface area (Å²) in [6.45, 7) is 0. The van der Waals surface area contributed by atoms with Crippen LogP contribution in [0.2, 0.25) is 10.0 Å². The van der Waals surface area contributed by atoms with Crippen molar-refractivity contribution in [1.29, 1.82) is 0 Å². The molecule has 0 atom stereocenters. The van der Waals surface area contributed by atoms with Crippen LogP contribution in [0.15, 0.2) is 37.0 Å². The highest BCUT2D eigenvalue weighted by atomic mass is 35.5. The third-order valence-corrected chi connectivity index (χ3v) is 5.02. The van der Waals surface area contributed by atoms with Crippen LogP contribution in [0.5, 0.6) is 0 Å². The van der Waals surface area contributed by atoms with Crippen molar-refractivity contribution in [2.24, 2.45) is 21.1 Å². The van der Waals surface area contributed by atoms with Gasteiger partial charge in [-0.05, 0) is 18.2 Å². The highest BCUT2D eigenvalue weighted by Gasteiger charge is 2.23. The summed E-state index contributed by atoms with van der Waals surface area (Å²) in [5.74, 6) is 0.0761. The van der Waals surface area contributed by atoms with Crippen molar-refractivity contribution in [3.63, 3.8) is 0 Å².